The average Bonchev–Trinajstić information content (AvgIpc) is 2.02. The Labute approximate surface area is 85.9 Å². The SMILES string of the molecule is CCN=C(N)NC1CCOC(C)(C)C1. The summed E-state index contributed by atoms with van der Waals surface area (Å²) in [6.07, 6.45) is 1.98. The van der Waals surface area contributed by atoms with Crippen LogP contribution in [0.4, 0.5) is 0 Å². The smallest absolute Gasteiger partial charge is 0.188 e. The molecule has 82 valence electrons. The van der Waals surface area contributed by atoms with Crippen LogP contribution in [-0.4, -0.2) is 30.8 Å². The molecule has 0 aromatic heterocycles. The predicted octanol–water partition coefficient (Wildman–Crippen LogP) is 0.868. The topological polar surface area (TPSA) is 59.6 Å². The Morgan fingerprint density at radius 1 is 1.64 bits per heavy atom. The van der Waals surface area contributed by atoms with E-state index in [1.807, 2.05) is 6.92 Å². The first kappa shape index (κ1) is 11.3. The predicted molar refractivity (Wildman–Crippen MR) is 58.4 cm³/mol. The van der Waals surface area contributed by atoms with E-state index in [0.717, 1.165) is 26.0 Å². The van der Waals surface area contributed by atoms with Crippen molar-refractivity contribution in [2.75, 3.05) is 13.2 Å². The van der Waals surface area contributed by atoms with Gasteiger partial charge in [-0.2, -0.15) is 0 Å². The second-order valence-electron chi connectivity index (χ2n) is 4.30. The van der Waals surface area contributed by atoms with Crippen molar-refractivity contribution in [3.63, 3.8) is 0 Å². The van der Waals surface area contributed by atoms with E-state index >= 15 is 0 Å². The van der Waals surface area contributed by atoms with Crippen LogP contribution >= 0.6 is 0 Å². The lowest BCUT2D eigenvalue weighted by Gasteiger charge is -2.35. The van der Waals surface area contributed by atoms with Gasteiger partial charge in [-0.15, -0.1) is 0 Å². The molecule has 0 amide bonds. The summed E-state index contributed by atoms with van der Waals surface area (Å²) >= 11 is 0. The number of nitrogens with two attached hydrogens (primary N) is 1. The molecule has 0 bridgehead atoms. The summed E-state index contributed by atoms with van der Waals surface area (Å²) in [6.45, 7) is 7.71. The Kier molecular flexibility index (Phi) is 3.75. The van der Waals surface area contributed by atoms with Crippen LogP contribution in [0.1, 0.15) is 33.6 Å². The summed E-state index contributed by atoms with van der Waals surface area (Å²) in [6, 6.07) is 0.397. The normalized spacial score (nSPS) is 27.4. The van der Waals surface area contributed by atoms with E-state index < -0.39 is 0 Å². The molecule has 0 saturated carbocycles. The molecule has 3 N–H and O–H groups in total. The highest BCUT2D eigenvalue weighted by molar-refractivity contribution is 5.78. The molecule has 0 aliphatic carbocycles. The number of guanidine groups is 1. The van der Waals surface area contributed by atoms with Crippen LogP contribution in [0.2, 0.25) is 0 Å². The first-order valence-electron chi connectivity index (χ1n) is 5.24. The summed E-state index contributed by atoms with van der Waals surface area (Å²) < 4.78 is 5.62. The minimum Gasteiger partial charge on any atom is -0.375 e. The summed E-state index contributed by atoms with van der Waals surface area (Å²) in [5, 5.41) is 3.22. The third-order valence-electron chi connectivity index (χ3n) is 2.38. The molecular formula is C10H21N3O. The monoisotopic (exact) mass is 199 g/mol. The van der Waals surface area contributed by atoms with E-state index in [0.29, 0.717) is 12.0 Å². The fraction of sp³-hybridized carbons (Fsp3) is 0.900. The van der Waals surface area contributed by atoms with Crippen LogP contribution in [0, 0.1) is 0 Å². The van der Waals surface area contributed by atoms with E-state index in [-0.39, 0.29) is 5.60 Å². The standard InChI is InChI=1S/C10H21N3O/c1-4-12-9(11)13-8-5-6-14-10(2,3)7-8/h8H,4-7H2,1-3H3,(H3,11,12,13). The number of hydrogen-bond acceptors (Lipinski definition) is 2. The highest BCUT2D eigenvalue weighted by Crippen LogP contribution is 2.23. The van der Waals surface area contributed by atoms with Crippen LogP contribution in [-0.2, 0) is 4.74 Å². The lowest BCUT2D eigenvalue weighted by molar-refractivity contribution is -0.0605. The van der Waals surface area contributed by atoms with Crippen molar-refractivity contribution in [1.29, 1.82) is 0 Å². The Hall–Kier alpha value is -0.770. The Bertz CT molecular complexity index is 213. The fourth-order valence-electron chi connectivity index (χ4n) is 1.78. The maximum absolute atomic E-state index is 5.70. The minimum atomic E-state index is -0.0393. The van der Waals surface area contributed by atoms with Gasteiger partial charge in [-0.1, -0.05) is 0 Å². The van der Waals surface area contributed by atoms with Crippen LogP contribution in [0.5, 0.6) is 0 Å². The van der Waals surface area contributed by atoms with Gasteiger partial charge in [-0.3, -0.25) is 4.99 Å². The second-order valence-corrected chi connectivity index (χ2v) is 4.30. The van der Waals surface area contributed by atoms with Gasteiger partial charge in [0.2, 0.25) is 0 Å². The van der Waals surface area contributed by atoms with Crippen molar-refractivity contribution in [2.24, 2.45) is 10.7 Å². The molecule has 0 aromatic carbocycles. The van der Waals surface area contributed by atoms with E-state index in [1.54, 1.807) is 0 Å². The molecular weight excluding hydrogens is 178 g/mol. The zero-order valence-electron chi connectivity index (χ0n) is 9.34. The van der Waals surface area contributed by atoms with Crippen LogP contribution in [0.25, 0.3) is 0 Å². The molecule has 1 fully saturated rings. The quantitative estimate of drug-likeness (QED) is 0.512. The lowest BCUT2D eigenvalue weighted by Crippen LogP contribution is -2.48. The van der Waals surface area contributed by atoms with Gasteiger partial charge in [0, 0.05) is 19.2 Å². The Morgan fingerprint density at radius 3 is 2.93 bits per heavy atom. The van der Waals surface area contributed by atoms with Gasteiger partial charge in [0.05, 0.1) is 5.60 Å². The van der Waals surface area contributed by atoms with Crippen molar-refractivity contribution >= 4 is 5.96 Å². The van der Waals surface area contributed by atoms with Crippen LogP contribution in [0.15, 0.2) is 4.99 Å². The van der Waals surface area contributed by atoms with E-state index in [4.69, 9.17) is 10.5 Å². The summed E-state index contributed by atoms with van der Waals surface area (Å²) in [7, 11) is 0. The molecule has 0 radical (unpaired) electrons. The molecule has 1 aliphatic rings. The highest BCUT2D eigenvalue weighted by atomic mass is 16.5. The number of nitrogens with zero attached hydrogens (tertiary/aromatic N) is 1. The molecule has 1 aliphatic heterocycles. The summed E-state index contributed by atoms with van der Waals surface area (Å²) in [4.78, 5) is 4.11. The maximum Gasteiger partial charge on any atom is 0.188 e. The molecule has 1 rings (SSSR count). The Morgan fingerprint density at radius 2 is 2.36 bits per heavy atom. The molecule has 1 saturated heterocycles. The minimum absolute atomic E-state index is 0.0393. The van der Waals surface area contributed by atoms with E-state index in [1.165, 1.54) is 0 Å². The van der Waals surface area contributed by atoms with E-state index in [2.05, 4.69) is 24.2 Å². The number of hydrogen-bond donors (Lipinski definition) is 2. The van der Waals surface area contributed by atoms with Crippen molar-refractivity contribution < 1.29 is 4.74 Å². The average molecular weight is 199 g/mol. The third kappa shape index (κ3) is 3.54. The van der Waals surface area contributed by atoms with Crippen molar-refractivity contribution in [3.8, 4) is 0 Å². The molecule has 4 heteroatoms. The lowest BCUT2D eigenvalue weighted by atomic mass is 9.94. The summed E-state index contributed by atoms with van der Waals surface area (Å²) in [5.74, 6) is 0.551. The summed E-state index contributed by atoms with van der Waals surface area (Å²) in [5.41, 5.74) is 5.66. The first-order valence-corrected chi connectivity index (χ1v) is 5.24. The van der Waals surface area contributed by atoms with Gasteiger partial charge in [0.25, 0.3) is 0 Å². The number of rotatable bonds is 2. The van der Waals surface area contributed by atoms with Gasteiger partial charge in [-0.25, -0.2) is 0 Å². The first-order chi connectivity index (χ1) is 6.53. The van der Waals surface area contributed by atoms with E-state index in [9.17, 15) is 0 Å². The van der Waals surface area contributed by atoms with Crippen LogP contribution in [0.3, 0.4) is 0 Å². The molecule has 4 nitrogen and oxygen atoms in total. The fourth-order valence-corrected chi connectivity index (χ4v) is 1.78. The van der Waals surface area contributed by atoms with Gasteiger partial charge in [-0.05, 0) is 33.6 Å². The number of ether oxygens (including phenoxy) is 1. The molecule has 1 atom stereocenters. The van der Waals surface area contributed by atoms with Gasteiger partial charge >= 0.3 is 0 Å². The molecule has 14 heavy (non-hydrogen) atoms. The van der Waals surface area contributed by atoms with Crippen molar-refractivity contribution in [1.82, 2.24) is 5.32 Å². The van der Waals surface area contributed by atoms with Gasteiger partial charge in [0.15, 0.2) is 5.96 Å². The molecule has 1 heterocycles. The number of nitrogens with one attached hydrogen (secondary N) is 1. The maximum atomic E-state index is 5.70. The van der Waals surface area contributed by atoms with Gasteiger partial charge in [0.1, 0.15) is 0 Å². The highest BCUT2D eigenvalue weighted by Gasteiger charge is 2.28. The third-order valence-corrected chi connectivity index (χ3v) is 2.38. The molecule has 1 unspecified atom stereocenters. The Balaban J connectivity index is 2.42. The second kappa shape index (κ2) is 4.64. The van der Waals surface area contributed by atoms with Crippen molar-refractivity contribution in [2.45, 2.75) is 45.3 Å². The number of aliphatic imine (C=N–C) groups is 1. The van der Waals surface area contributed by atoms with Crippen LogP contribution < -0.4 is 11.1 Å². The molecule has 0 spiro atoms. The van der Waals surface area contributed by atoms with Crippen molar-refractivity contribution in [3.05, 3.63) is 0 Å². The van der Waals surface area contributed by atoms with Gasteiger partial charge < -0.3 is 15.8 Å². The zero-order valence-corrected chi connectivity index (χ0v) is 9.34. The zero-order chi connectivity index (χ0) is 10.6. The molecule has 0 aromatic rings. The largest absolute Gasteiger partial charge is 0.375 e.